The molecule has 3 nitrogen and oxygen atoms in total. The Balaban J connectivity index is 0.00000127. The van der Waals surface area contributed by atoms with Crippen molar-refractivity contribution >= 4 is 39.6 Å². The topological polar surface area (TPSA) is 41.5 Å². The summed E-state index contributed by atoms with van der Waals surface area (Å²) in [6.07, 6.45) is -4.29. The van der Waals surface area contributed by atoms with E-state index in [1.807, 2.05) is 38.0 Å². The number of nitrogens with one attached hydrogen (secondary N) is 1. The number of nitrogens with zero attached hydrogens (tertiary/aromatic N) is 1. The number of benzene rings is 1. The number of carbonyl (C=O) groups excluding carboxylic acids is 1. The minimum Gasteiger partial charge on any atom is -0.358 e. The molecule has 2 unspecified atom stereocenters. The van der Waals surface area contributed by atoms with E-state index in [1.54, 1.807) is 0 Å². The number of hydrogen-bond acceptors (Lipinski definition) is 4. The Morgan fingerprint density at radius 1 is 1.35 bits per heavy atom. The second-order valence-electron chi connectivity index (χ2n) is 5.23. The van der Waals surface area contributed by atoms with Crippen LogP contribution >= 0.6 is 27.7 Å². The van der Waals surface area contributed by atoms with E-state index < -0.39 is 17.0 Å². The van der Waals surface area contributed by atoms with Gasteiger partial charge >= 0.3 is 6.18 Å². The van der Waals surface area contributed by atoms with E-state index in [0.29, 0.717) is 5.17 Å². The van der Waals surface area contributed by atoms with Crippen LogP contribution in [0.3, 0.4) is 0 Å². The average Bonchev–Trinajstić information content (AvgIpc) is 2.77. The summed E-state index contributed by atoms with van der Waals surface area (Å²) in [6, 6.07) is 6.75. The summed E-state index contributed by atoms with van der Waals surface area (Å²) in [5.74, 6) is 0. The monoisotopic (exact) mass is 410 g/mol. The lowest BCUT2D eigenvalue weighted by molar-refractivity contribution is -0.157. The molecule has 3 atom stereocenters. The van der Waals surface area contributed by atoms with Gasteiger partial charge in [-0.15, -0.1) is 0 Å². The second-order valence-corrected chi connectivity index (χ2v) is 7.59. The van der Waals surface area contributed by atoms with E-state index in [1.165, 1.54) is 13.8 Å². The molecule has 0 radical (unpaired) electrons. The number of aliphatic imine (C=N–C) groups is 1. The molecule has 0 spiro atoms. The SMILES string of the molecule is C=O.CC1N=C(N[C@@H](C)c2ccc(Br)cc2)SC1(C)C(F)(F)F. The number of amidine groups is 1. The van der Waals surface area contributed by atoms with Gasteiger partial charge < -0.3 is 10.1 Å². The summed E-state index contributed by atoms with van der Waals surface area (Å²) < 4.78 is 38.5. The van der Waals surface area contributed by atoms with Crippen molar-refractivity contribution in [3.8, 4) is 0 Å². The van der Waals surface area contributed by atoms with Crippen LogP contribution in [-0.4, -0.2) is 28.9 Å². The molecule has 8 heteroatoms. The molecule has 0 aromatic heterocycles. The standard InChI is InChI=1S/C14H16BrF3N2S.CH2O/c1-8(10-4-6-11(15)7-5-10)19-12-20-9(2)13(3,21-12)14(16,17)18;1-2/h4-9H,1-3H3,(H,19,20);1H2/t8-,9?,13?;/m0./s1. The van der Waals surface area contributed by atoms with Crippen molar-refractivity contribution in [3.05, 3.63) is 34.3 Å². The molecule has 23 heavy (non-hydrogen) atoms. The van der Waals surface area contributed by atoms with Gasteiger partial charge in [-0.2, -0.15) is 13.2 Å². The molecular formula is C15H18BrF3N2OS. The maximum absolute atomic E-state index is 13.1. The van der Waals surface area contributed by atoms with Crippen molar-refractivity contribution < 1.29 is 18.0 Å². The number of rotatable bonds is 2. The Labute approximate surface area is 146 Å². The van der Waals surface area contributed by atoms with Crippen LogP contribution in [-0.2, 0) is 4.79 Å². The summed E-state index contributed by atoms with van der Waals surface area (Å²) in [5.41, 5.74) is 0.995. The van der Waals surface area contributed by atoms with E-state index in [9.17, 15) is 13.2 Å². The highest BCUT2D eigenvalue weighted by molar-refractivity contribution is 9.10. The fraction of sp³-hybridized carbons (Fsp3) is 0.467. The quantitative estimate of drug-likeness (QED) is 0.766. The predicted octanol–water partition coefficient (Wildman–Crippen LogP) is 4.73. The highest BCUT2D eigenvalue weighted by atomic mass is 79.9. The van der Waals surface area contributed by atoms with Gasteiger partial charge in [-0.1, -0.05) is 39.8 Å². The van der Waals surface area contributed by atoms with Crippen LogP contribution in [0.2, 0.25) is 0 Å². The van der Waals surface area contributed by atoms with Crippen LogP contribution in [0.4, 0.5) is 13.2 Å². The number of alkyl halides is 3. The molecule has 0 aliphatic carbocycles. The summed E-state index contributed by atoms with van der Waals surface area (Å²) in [4.78, 5) is 12.1. The largest absolute Gasteiger partial charge is 0.405 e. The van der Waals surface area contributed by atoms with Gasteiger partial charge in [0, 0.05) is 4.47 Å². The molecule has 0 saturated carbocycles. The first-order valence-corrected chi connectivity index (χ1v) is 8.39. The number of hydrogen-bond donors (Lipinski definition) is 1. The highest BCUT2D eigenvalue weighted by Crippen LogP contribution is 2.48. The maximum atomic E-state index is 13.1. The van der Waals surface area contributed by atoms with Crippen molar-refractivity contribution in [3.63, 3.8) is 0 Å². The van der Waals surface area contributed by atoms with Crippen LogP contribution in [0, 0.1) is 0 Å². The molecule has 1 N–H and O–H groups in total. The Morgan fingerprint density at radius 2 is 1.87 bits per heavy atom. The van der Waals surface area contributed by atoms with Crippen molar-refractivity contribution in [2.45, 2.75) is 43.8 Å². The van der Waals surface area contributed by atoms with Gasteiger partial charge in [-0.3, -0.25) is 4.99 Å². The van der Waals surface area contributed by atoms with Gasteiger partial charge in [-0.05, 0) is 38.5 Å². The number of carbonyl (C=O) groups is 1. The van der Waals surface area contributed by atoms with Gasteiger partial charge in [-0.25, -0.2) is 0 Å². The molecule has 1 aliphatic rings. The summed E-state index contributed by atoms with van der Waals surface area (Å²) in [7, 11) is 0. The van der Waals surface area contributed by atoms with Crippen molar-refractivity contribution in [1.29, 1.82) is 0 Å². The zero-order chi connectivity index (χ0) is 17.8. The third kappa shape index (κ3) is 4.50. The fourth-order valence-corrected chi connectivity index (χ4v) is 3.44. The average molecular weight is 411 g/mol. The van der Waals surface area contributed by atoms with Crippen molar-refractivity contribution in [1.82, 2.24) is 5.32 Å². The third-order valence-corrected chi connectivity index (χ3v) is 5.63. The molecule has 0 amide bonds. The molecule has 2 rings (SSSR count). The minimum atomic E-state index is -4.29. The molecule has 128 valence electrons. The van der Waals surface area contributed by atoms with Crippen molar-refractivity contribution in [2.75, 3.05) is 0 Å². The maximum Gasteiger partial charge on any atom is 0.405 e. The van der Waals surface area contributed by atoms with E-state index in [0.717, 1.165) is 21.8 Å². The van der Waals surface area contributed by atoms with Crippen LogP contribution in [0.5, 0.6) is 0 Å². The van der Waals surface area contributed by atoms with Crippen LogP contribution in [0.1, 0.15) is 32.4 Å². The Hall–Kier alpha value is -1.02. The van der Waals surface area contributed by atoms with Crippen LogP contribution in [0.25, 0.3) is 0 Å². The zero-order valence-electron chi connectivity index (χ0n) is 12.9. The lowest BCUT2D eigenvalue weighted by atomic mass is 10.0. The van der Waals surface area contributed by atoms with Gasteiger partial charge in [0.25, 0.3) is 0 Å². The Bertz CT molecular complexity index is 565. The van der Waals surface area contributed by atoms with E-state index in [-0.39, 0.29) is 6.04 Å². The molecule has 1 heterocycles. The van der Waals surface area contributed by atoms with Crippen molar-refractivity contribution in [2.24, 2.45) is 4.99 Å². The molecule has 1 aromatic carbocycles. The van der Waals surface area contributed by atoms with E-state index in [2.05, 4.69) is 26.2 Å². The van der Waals surface area contributed by atoms with E-state index >= 15 is 0 Å². The molecule has 0 bridgehead atoms. The van der Waals surface area contributed by atoms with Crippen LogP contribution < -0.4 is 5.32 Å². The summed E-state index contributed by atoms with van der Waals surface area (Å²) >= 11 is 4.11. The summed E-state index contributed by atoms with van der Waals surface area (Å²) in [6.45, 7) is 6.60. The molecule has 1 aromatic rings. The first-order chi connectivity index (χ1) is 10.6. The van der Waals surface area contributed by atoms with E-state index in [4.69, 9.17) is 4.79 Å². The zero-order valence-corrected chi connectivity index (χ0v) is 15.3. The molecule has 0 saturated heterocycles. The highest BCUT2D eigenvalue weighted by Gasteiger charge is 2.59. The molecule has 1 aliphatic heterocycles. The predicted molar refractivity (Wildman–Crippen MR) is 91.8 cm³/mol. The van der Waals surface area contributed by atoms with Gasteiger partial charge in [0.15, 0.2) is 5.17 Å². The number of thioether (sulfide) groups is 1. The second kappa shape index (κ2) is 7.70. The first-order valence-electron chi connectivity index (χ1n) is 6.78. The molecular weight excluding hydrogens is 393 g/mol. The van der Waals surface area contributed by atoms with Gasteiger partial charge in [0.05, 0.1) is 12.1 Å². The smallest absolute Gasteiger partial charge is 0.358 e. The van der Waals surface area contributed by atoms with Gasteiger partial charge in [0.1, 0.15) is 11.5 Å². The molecule has 0 fully saturated rings. The third-order valence-electron chi connectivity index (χ3n) is 3.69. The fourth-order valence-electron chi connectivity index (χ4n) is 1.99. The lowest BCUT2D eigenvalue weighted by Gasteiger charge is -2.29. The number of halogens is 4. The first kappa shape index (κ1) is 20.0. The minimum absolute atomic E-state index is 0.105. The van der Waals surface area contributed by atoms with Crippen LogP contribution in [0.15, 0.2) is 33.7 Å². The normalized spacial score (nSPS) is 25.2. The Morgan fingerprint density at radius 3 is 2.30 bits per heavy atom. The van der Waals surface area contributed by atoms with Gasteiger partial charge in [0.2, 0.25) is 0 Å². The summed E-state index contributed by atoms with van der Waals surface area (Å²) in [5, 5.41) is 3.42. The lowest BCUT2D eigenvalue weighted by Crippen LogP contribution is -2.45. The Kier molecular flexibility index (Phi) is 6.70.